The van der Waals surface area contributed by atoms with Crippen molar-refractivity contribution in [3.8, 4) is 0 Å². The standard InChI is InChI=1S/C14H24N2O2/c1-14(2,3)16-13(18)12(17)15-10-9-11-7-5-4-6-8-11/h7H,4-6,8-10H2,1-3H3,(H,15,17)(H,16,18). The van der Waals surface area contributed by atoms with Gasteiger partial charge in [0.1, 0.15) is 0 Å². The van der Waals surface area contributed by atoms with Gasteiger partial charge in [0.05, 0.1) is 0 Å². The minimum absolute atomic E-state index is 0.375. The number of carbonyl (C=O) groups excluding carboxylic acids is 2. The lowest BCUT2D eigenvalue weighted by Gasteiger charge is -2.20. The Morgan fingerprint density at radius 2 is 1.94 bits per heavy atom. The van der Waals surface area contributed by atoms with Crippen LogP contribution in [0.25, 0.3) is 0 Å². The smallest absolute Gasteiger partial charge is 0.309 e. The summed E-state index contributed by atoms with van der Waals surface area (Å²) in [4.78, 5) is 23.0. The van der Waals surface area contributed by atoms with Crippen molar-refractivity contribution < 1.29 is 9.59 Å². The summed E-state index contributed by atoms with van der Waals surface area (Å²) in [5.74, 6) is -1.10. The average Bonchev–Trinajstić information content (AvgIpc) is 2.28. The Morgan fingerprint density at radius 1 is 1.22 bits per heavy atom. The van der Waals surface area contributed by atoms with E-state index in [2.05, 4.69) is 16.7 Å². The van der Waals surface area contributed by atoms with Crippen LogP contribution < -0.4 is 10.6 Å². The Balaban J connectivity index is 2.24. The van der Waals surface area contributed by atoms with Gasteiger partial charge in [-0.25, -0.2) is 0 Å². The van der Waals surface area contributed by atoms with Gasteiger partial charge in [0.2, 0.25) is 0 Å². The van der Waals surface area contributed by atoms with Crippen LogP contribution in [0.4, 0.5) is 0 Å². The first kappa shape index (κ1) is 14.7. The van der Waals surface area contributed by atoms with Crippen molar-refractivity contribution in [2.24, 2.45) is 0 Å². The number of carbonyl (C=O) groups is 2. The molecule has 0 bridgehead atoms. The highest BCUT2D eigenvalue weighted by Gasteiger charge is 2.19. The van der Waals surface area contributed by atoms with Crippen LogP contribution in [0.5, 0.6) is 0 Å². The first-order valence-electron chi connectivity index (χ1n) is 6.67. The van der Waals surface area contributed by atoms with Gasteiger partial charge in [-0.1, -0.05) is 11.6 Å². The second-order valence-corrected chi connectivity index (χ2v) is 5.82. The number of amides is 2. The van der Waals surface area contributed by atoms with Crippen LogP contribution >= 0.6 is 0 Å². The van der Waals surface area contributed by atoms with Crippen molar-refractivity contribution in [2.45, 2.75) is 58.4 Å². The fourth-order valence-electron chi connectivity index (χ4n) is 1.95. The molecule has 4 heteroatoms. The van der Waals surface area contributed by atoms with E-state index in [1.165, 1.54) is 18.4 Å². The maximum absolute atomic E-state index is 11.5. The van der Waals surface area contributed by atoms with Crippen molar-refractivity contribution in [3.63, 3.8) is 0 Å². The zero-order valence-electron chi connectivity index (χ0n) is 11.6. The van der Waals surface area contributed by atoms with Gasteiger partial charge in [0.25, 0.3) is 0 Å². The molecule has 0 fully saturated rings. The summed E-state index contributed by atoms with van der Waals surface area (Å²) in [5, 5.41) is 5.30. The lowest BCUT2D eigenvalue weighted by atomic mass is 9.97. The SMILES string of the molecule is CC(C)(C)NC(=O)C(=O)NCCC1=CCCCC1. The summed E-state index contributed by atoms with van der Waals surface area (Å²) >= 11 is 0. The topological polar surface area (TPSA) is 58.2 Å². The van der Waals surface area contributed by atoms with Crippen LogP contribution in [-0.4, -0.2) is 23.9 Å². The molecule has 0 aromatic carbocycles. The Kier molecular flexibility index (Phi) is 5.38. The van der Waals surface area contributed by atoms with Gasteiger partial charge in [-0.2, -0.15) is 0 Å². The first-order valence-corrected chi connectivity index (χ1v) is 6.67. The number of allylic oxidation sites excluding steroid dienone is 1. The van der Waals surface area contributed by atoms with Gasteiger partial charge in [-0.05, 0) is 52.9 Å². The zero-order chi connectivity index (χ0) is 13.6. The van der Waals surface area contributed by atoms with Gasteiger partial charge < -0.3 is 10.6 Å². The van der Waals surface area contributed by atoms with Crippen LogP contribution in [-0.2, 0) is 9.59 Å². The van der Waals surface area contributed by atoms with E-state index in [0.717, 1.165) is 19.3 Å². The highest BCUT2D eigenvalue weighted by Crippen LogP contribution is 2.19. The van der Waals surface area contributed by atoms with Crippen molar-refractivity contribution in [1.82, 2.24) is 10.6 Å². The Morgan fingerprint density at radius 3 is 2.50 bits per heavy atom. The third kappa shape index (κ3) is 5.84. The minimum Gasteiger partial charge on any atom is -0.348 e. The van der Waals surface area contributed by atoms with E-state index < -0.39 is 11.8 Å². The van der Waals surface area contributed by atoms with Crippen LogP contribution in [0.3, 0.4) is 0 Å². The summed E-state index contributed by atoms with van der Waals surface area (Å²) in [5.41, 5.74) is 1.03. The largest absolute Gasteiger partial charge is 0.348 e. The summed E-state index contributed by atoms with van der Waals surface area (Å²) in [7, 11) is 0. The lowest BCUT2D eigenvalue weighted by Crippen LogP contribution is -2.48. The molecule has 0 spiro atoms. The molecule has 2 N–H and O–H groups in total. The average molecular weight is 252 g/mol. The van der Waals surface area contributed by atoms with E-state index in [0.29, 0.717) is 6.54 Å². The summed E-state index contributed by atoms with van der Waals surface area (Å²) in [6.45, 7) is 6.10. The minimum atomic E-state index is -0.555. The molecule has 18 heavy (non-hydrogen) atoms. The fourth-order valence-corrected chi connectivity index (χ4v) is 1.95. The van der Waals surface area contributed by atoms with Gasteiger partial charge in [-0.3, -0.25) is 9.59 Å². The first-order chi connectivity index (χ1) is 8.38. The number of rotatable bonds is 3. The van der Waals surface area contributed by atoms with E-state index >= 15 is 0 Å². The Bertz CT molecular complexity index is 340. The molecule has 0 saturated heterocycles. The highest BCUT2D eigenvalue weighted by molar-refractivity contribution is 6.35. The molecule has 0 unspecified atom stereocenters. The molecule has 1 aliphatic rings. The van der Waals surface area contributed by atoms with E-state index in [-0.39, 0.29) is 5.54 Å². The molecule has 0 aromatic heterocycles. The van der Waals surface area contributed by atoms with Crippen molar-refractivity contribution >= 4 is 11.8 Å². The van der Waals surface area contributed by atoms with Crippen LogP contribution in [0.1, 0.15) is 52.9 Å². The number of nitrogens with one attached hydrogen (secondary N) is 2. The Labute approximate surface area is 109 Å². The molecule has 102 valence electrons. The van der Waals surface area contributed by atoms with Crippen molar-refractivity contribution in [2.75, 3.05) is 6.54 Å². The molecule has 2 amide bonds. The maximum atomic E-state index is 11.5. The molecular formula is C14H24N2O2. The number of hydrogen-bond donors (Lipinski definition) is 2. The second-order valence-electron chi connectivity index (χ2n) is 5.82. The molecule has 0 heterocycles. The zero-order valence-corrected chi connectivity index (χ0v) is 11.6. The quantitative estimate of drug-likeness (QED) is 0.595. The van der Waals surface area contributed by atoms with Gasteiger partial charge in [0, 0.05) is 12.1 Å². The predicted molar refractivity (Wildman–Crippen MR) is 72.1 cm³/mol. The lowest BCUT2D eigenvalue weighted by molar-refractivity contribution is -0.140. The predicted octanol–water partition coefficient (Wildman–Crippen LogP) is 1.91. The Hall–Kier alpha value is -1.32. The molecule has 1 aliphatic carbocycles. The monoisotopic (exact) mass is 252 g/mol. The molecule has 0 aliphatic heterocycles. The van der Waals surface area contributed by atoms with Gasteiger partial charge in [-0.15, -0.1) is 0 Å². The highest BCUT2D eigenvalue weighted by atomic mass is 16.2. The van der Waals surface area contributed by atoms with Crippen molar-refractivity contribution in [1.29, 1.82) is 0 Å². The van der Waals surface area contributed by atoms with Crippen LogP contribution in [0.15, 0.2) is 11.6 Å². The van der Waals surface area contributed by atoms with Crippen LogP contribution in [0.2, 0.25) is 0 Å². The normalized spacial score (nSPS) is 15.8. The summed E-state index contributed by atoms with van der Waals surface area (Å²) in [6.07, 6.45) is 7.89. The summed E-state index contributed by atoms with van der Waals surface area (Å²) in [6, 6.07) is 0. The molecule has 0 radical (unpaired) electrons. The molecule has 0 aromatic rings. The van der Waals surface area contributed by atoms with Gasteiger partial charge in [0.15, 0.2) is 0 Å². The van der Waals surface area contributed by atoms with E-state index in [9.17, 15) is 9.59 Å². The van der Waals surface area contributed by atoms with Crippen LogP contribution in [0, 0.1) is 0 Å². The molecular weight excluding hydrogens is 228 g/mol. The second kappa shape index (κ2) is 6.57. The fraction of sp³-hybridized carbons (Fsp3) is 0.714. The van der Waals surface area contributed by atoms with Gasteiger partial charge >= 0.3 is 11.8 Å². The third-order valence-electron chi connectivity index (χ3n) is 2.81. The van der Waals surface area contributed by atoms with E-state index in [4.69, 9.17) is 0 Å². The van der Waals surface area contributed by atoms with E-state index in [1.807, 2.05) is 20.8 Å². The molecule has 0 atom stereocenters. The van der Waals surface area contributed by atoms with E-state index in [1.54, 1.807) is 0 Å². The van der Waals surface area contributed by atoms with Crippen molar-refractivity contribution in [3.05, 3.63) is 11.6 Å². The number of hydrogen-bond acceptors (Lipinski definition) is 2. The molecule has 4 nitrogen and oxygen atoms in total. The maximum Gasteiger partial charge on any atom is 0.309 e. The molecule has 0 saturated carbocycles. The third-order valence-corrected chi connectivity index (χ3v) is 2.81. The molecule has 1 rings (SSSR count). The summed E-state index contributed by atoms with van der Waals surface area (Å²) < 4.78 is 0.